The Hall–Kier alpha value is -2.12. The minimum atomic E-state index is -1.03. The number of carboxylic acids is 2. The fourth-order valence-corrected chi connectivity index (χ4v) is 3.61. The maximum Gasteiger partial charge on any atom is 0.341 e. The van der Waals surface area contributed by atoms with E-state index in [1.807, 2.05) is 39.0 Å². The summed E-state index contributed by atoms with van der Waals surface area (Å²) in [6.07, 6.45) is 0.484. The fourth-order valence-electron chi connectivity index (χ4n) is 3.61. The topological polar surface area (TPSA) is 130 Å². The van der Waals surface area contributed by atoms with Crippen molar-refractivity contribution in [1.82, 2.24) is 0 Å². The molecule has 0 aromatic heterocycles. The van der Waals surface area contributed by atoms with Crippen LogP contribution in [-0.2, 0) is 21.4 Å². The predicted molar refractivity (Wildman–Crippen MR) is 120 cm³/mol. The van der Waals surface area contributed by atoms with E-state index in [0.29, 0.717) is 24.5 Å². The summed E-state index contributed by atoms with van der Waals surface area (Å²) in [4.78, 5) is 22.0. The lowest BCUT2D eigenvalue weighted by atomic mass is 9.81. The van der Waals surface area contributed by atoms with Gasteiger partial charge in [-0.3, -0.25) is 4.79 Å². The number of rotatable bonds is 12. The number of benzene rings is 1. The van der Waals surface area contributed by atoms with Gasteiger partial charge in [0.1, 0.15) is 5.75 Å². The molecule has 7 heteroatoms. The number of carboxylic acid groups (broad SMARTS) is 2. The van der Waals surface area contributed by atoms with Crippen molar-refractivity contribution in [2.45, 2.75) is 78.4 Å². The van der Waals surface area contributed by atoms with E-state index < -0.39 is 36.6 Å². The SMILES string of the molecule is CC(C[C@H](O)[C@@H](N)C[C@H](Cc1ccc(C(C)(C)C)c(OCC(=O)O)c1)C(C)C)C(=O)O. The van der Waals surface area contributed by atoms with Crippen LogP contribution in [0.25, 0.3) is 0 Å². The van der Waals surface area contributed by atoms with E-state index in [4.69, 9.17) is 20.7 Å². The van der Waals surface area contributed by atoms with Crippen LogP contribution in [0.3, 0.4) is 0 Å². The molecule has 0 aliphatic rings. The van der Waals surface area contributed by atoms with Crippen molar-refractivity contribution in [3.8, 4) is 5.75 Å². The first-order valence-corrected chi connectivity index (χ1v) is 10.9. The van der Waals surface area contributed by atoms with Crippen LogP contribution >= 0.6 is 0 Å². The Morgan fingerprint density at radius 1 is 1.10 bits per heavy atom. The summed E-state index contributed by atoms with van der Waals surface area (Å²) >= 11 is 0. The lowest BCUT2D eigenvalue weighted by molar-refractivity contribution is -0.142. The van der Waals surface area contributed by atoms with Gasteiger partial charge in [0.05, 0.1) is 12.0 Å². The zero-order chi connectivity index (χ0) is 23.9. The molecule has 0 aliphatic heterocycles. The highest BCUT2D eigenvalue weighted by Gasteiger charge is 2.26. The quantitative estimate of drug-likeness (QED) is 0.394. The van der Waals surface area contributed by atoms with Gasteiger partial charge >= 0.3 is 11.9 Å². The van der Waals surface area contributed by atoms with E-state index in [9.17, 15) is 14.7 Å². The third-order valence-corrected chi connectivity index (χ3v) is 5.73. The predicted octanol–water partition coefficient (Wildman–Crippen LogP) is 3.45. The van der Waals surface area contributed by atoms with Crippen molar-refractivity contribution in [3.05, 3.63) is 29.3 Å². The molecule has 31 heavy (non-hydrogen) atoms. The van der Waals surface area contributed by atoms with Gasteiger partial charge in [-0.2, -0.15) is 0 Å². The molecule has 0 bridgehead atoms. The second kappa shape index (κ2) is 11.5. The van der Waals surface area contributed by atoms with Gasteiger partial charge in [0, 0.05) is 6.04 Å². The van der Waals surface area contributed by atoms with E-state index in [1.165, 1.54) is 0 Å². The van der Waals surface area contributed by atoms with Crippen molar-refractivity contribution < 1.29 is 29.6 Å². The molecule has 7 nitrogen and oxygen atoms in total. The maximum atomic E-state index is 11.1. The molecule has 0 radical (unpaired) electrons. The van der Waals surface area contributed by atoms with Gasteiger partial charge < -0.3 is 25.8 Å². The van der Waals surface area contributed by atoms with Gasteiger partial charge in [0.25, 0.3) is 0 Å². The number of aliphatic hydroxyl groups is 1. The summed E-state index contributed by atoms with van der Waals surface area (Å²) in [5, 5.41) is 28.4. The Bertz CT molecular complexity index is 740. The molecule has 1 aromatic rings. The average Bonchev–Trinajstić information content (AvgIpc) is 2.64. The minimum Gasteiger partial charge on any atom is -0.482 e. The summed E-state index contributed by atoms with van der Waals surface area (Å²) in [5.74, 6) is -1.61. The lowest BCUT2D eigenvalue weighted by Gasteiger charge is -2.28. The van der Waals surface area contributed by atoms with Gasteiger partial charge in [-0.05, 0) is 53.7 Å². The first-order valence-electron chi connectivity index (χ1n) is 10.9. The van der Waals surface area contributed by atoms with Crippen molar-refractivity contribution in [1.29, 1.82) is 0 Å². The molecular formula is C24H39NO6. The van der Waals surface area contributed by atoms with Crippen molar-refractivity contribution in [2.24, 2.45) is 23.5 Å². The second-order valence-electron chi connectivity index (χ2n) is 9.91. The Kier molecular flexibility index (Phi) is 9.97. The van der Waals surface area contributed by atoms with Crippen LogP contribution in [0.15, 0.2) is 18.2 Å². The smallest absolute Gasteiger partial charge is 0.341 e. The monoisotopic (exact) mass is 437 g/mol. The van der Waals surface area contributed by atoms with Crippen LogP contribution in [0, 0.1) is 17.8 Å². The van der Waals surface area contributed by atoms with Gasteiger partial charge in [-0.1, -0.05) is 53.7 Å². The molecule has 1 rings (SSSR count). The Labute approximate surface area is 185 Å². The average molecular weight is 438 g/mol. The Morgan fingerprint density at radius 3 is 2.19 bits per heavy atom. The molecule has 0 aliphatic carbocycles. The van der Waals surface area contributed by atoms with Gasteiger partial charge in [0.15, 0.2) is 6.61 Å². The molecule has 5 N–H and O–H groups in total. The van der Waals surface area contributed by atoms with Crippen LogP contribution in [-0.4, -0.2) is 46.0 Å². The first-order chi connectivity index (χ1) is 14.2. The first kappa shape index (κ1) is 26.9. The third-order valence-electron chi connectivity index (χ3n) is 5.73. The molecule has 4 atom stereocenters. The van der Waals surface area contributed by atoms with Crippen LogP contribution in [0.4, 0.5) is 0 Å². The zero-order valence-corrected chi connectivity index (χ0v) is 19.6. The van der Waals surface area contributed by atoms with E-state index in [2.05, 4.69) is 13.8 Å². The molecule has 0 fully saturated rings. The van der Waals surface area contributed by atoms with Gasteiger partial charge in [0.2, 0.25) is 0 Å². The highest BCUT2D eigenvalue weighted by molar-refractivity contribution is 5.69. The van der Waals surface area contributed by atoms with Crippen LogP contribution in [0.1, 0.15) is 65.5 Å². The van der Waals surface area contributed by atoms with Crippen LogP contribution in [0.2, 0.25) is 0 Å². The summed E-state index contributed by atoms with van der Waals surface area (Å²) < 4.78 is 5.57. The number of carbonyl (C=O) groups is 2. The molecule has 0 heterocycles. The van der Waals surface area contributed by atoms with Crippen molar-refractivity contribution in [2.75, 3.05) is 6.61 Å². The van der Waals surface area contributed by atoms with E-state index in [1.54, 1.807) is 6.92 Å². The molecule has 0 amide bonds. The molecule has 1 unspecified atom stereocenters. The Balaban J connectivity index is 3.00. The third kappa shape index (κ3) is 8.87. The number of ether oxygens (including phenoxy) is 1. The second-order valence-corrected chi connectivity index (χ2v) is 9.91. The van der Waals surface area contributed by atoms with Crippen molar-refractivity contribution in [3.63, 3.8) is 0 Å². The molecule has 0 saturated heterocycles. The molecule has 0 saturated carbocycles. The number of aliphatic hydroxyl groups excluding tert-OH is 1. The minimum absolute atomic E-state index is 0.120. The largest absolute Gasteiger partial charge is 0.482 e. The van der Waals surface area contributed by atoms with E-state index in [0.717, 1.165) is 11.1 Å². The van der Waals surface area contributed by atoms with Gasteiger partial charge in [-0.15, -0.1) is 0 Å². The molecule has 1 aromatic carbocycles. The number of aliphatic carboxylic acids is 2. The molecule has 0 spiro atoms. The highest BCUT2D eigenvalue weighted by atomic mass is 16.5. The molecule has 176 valence electrons. The summed E-state index contributed by atoms with van der Waals surface area (Å²) in [7, 11) is 0. The van der Waals surface area contributed by atoms with Crippen molar-refractivity contribution >= 4 is 11.9 Å². The maximum absolute atomic E-state index is 11.1. The van der Waals surface area contributed by atoms with Gasteiger partial charge in [-0.25, -0.2) is 4.79 Å². The fraction of sp³-hybridized carbons (Fsp3) is 0.667. The highest BCUT2D eigenvalue weighted by Crippen LogP contribution is 2.34. The molecular weight excluding hydrogens is 398 g/mol. The number of hydrogen-bond acceptors (Lipinski definition) is 5. The lowest BCUT2D eigenvalue weighted by Crippen LogP contribution is -2.39. The standard InChI is InChI=1S/C24H39NO6/c1-14(2)17(12-19(25)20(26)9-15(3)23(29)30)10-16-7-8-18(24(4,5)6)21(11-16)31-13-22(27)28/h7-8,11,14-15,17,19-20,26H,9-10,12-13,25H2,1-6H3,(H,27,28)(H,29,30)/t15?,17-,19-,20-/m0/s1. The Morgan fingerprint density at radius 2 is 1.71 bits per heavy atom. The normalized spacial score (nSPS) is 15.9. The summed E-state index contributed by atoms with van der Waals surface area (Å²) in [6, 6.07) is 5.38. The number of nitrogens with two attached hydrogens (primary N) is 1. The number of hydrogen-bond donors (Lipinski definition) is 4. The summed E-state index contributed by atoms with van der Waals surface area (Å²) in [5.41, 5.74) is 7.97. The van der Waals surface area contributed by atoms with Crippen LogP contribution in [0.5, 0.6) is 5.75 Å². The van der Waals surface area contributed by atoms with Crippen LogP contribution < -0.4 is 10.5 Å². The van der Waals surface area contributed by atoms with E-state index >= 15 is 0 Å². The summed E-state index contributed by atoms with van der Waals surface area (Å²) in [6.45, 7) is 11.5. The van der Waals surface area contributed by atoms with E-state index in [-0.39, 0.29) is 17.8 Å². The zero-order valence-electron chi connectivity index (χ0n) is 19.6.